The summed E-state index contributed by atoms with van der Waals surface area (Å²) in [5.74, 6) is -0.501. The number of rotatable bonds is 6. The van der Waals surface area contributed by atoms with Gasteiger partial charge < -0.3 is 4.48 Å². The maximum absolute atomic E-state index is 12.1. The average Bonchev–Trinajstić information content (AvgIpc) is 2.52. The SMILES string of the molecule is CC[N+](CC)(CC)Cc1ccc(C(=O)N(C)C(C)=O)cc1. The van der Waals surface area contributed by atoms with Crippen LogP contribution in [0.3, 0.4) is 0 Å². The van der Waals surface area contributed by atoms with Crippen molar-refractivity contribution in [3.8, 4) is 0 Å². The maximum atomic E-state index is 12.1. The summed E-state index contributed by atoms with van der Waals surface area (Å²) in [6, 6.07) is 7.61. The van der Waals surface area contributed by atoms with Crippen LogP contribution in [0.1, 0.15) is 43.6 Å². The second-order valence-corrected chi connectivity index (χ2v) is 5.53. The molecule has 0 N–H and O–H groups in total. The van der Waals surface area contributed by atoms with Crippen molar-refractivity contribution >= 4 is 11.8 Å². The van der Waals surface area contributed by atoms with Crippen molar-refractivity contribution in [2.75, 3.05) is 26.7 Å². The number of carbonyl (C=O) groups excluding carboxylic acids is 2. The number of carbonyl (C=O) groups is 2. The molecule has 1 rings (SSSR count). The summed E-state index contributed by atoms with van der Waals surface area (Å²) in [6.45, 7) is 12.3. The van der Waals surface area contributed by atoms with Crippen LogP contribution in [0, 0.1) is 0 Å². The summed E-state index contributed by atoms with van der Waals surface area (Å²) in [4.78, 5) is 24.4. The first-order valence-corrected chi connectivity index (χ1v) is 7.61. The Kier molecular flexibility index (Phi) is 6.09. The van der Waals surface area contributed by atoms with Crippen molar-refractivity contribution in [1.82, 2.24) is 4.90 Å². The topological polar surface area (TPSA) is 37.4 Å². The highest BCUT2D eigenvalue weighted by Gasteiger charge is 2.21. The van der Waals surface area contributed by atoms with E-state index in [9.17, 15) is 9.59 Å². The predicted octanol–water partition coefficient (Wildman–Crippen LogP) is 2.68. The number of imide groups is 1. The van der Waals surface area contributed by atoms with Crippen molar-refractivity contribution < 1.29 is 14.1 Å². The van der Waals surface area contributed by atoms with Crippen molar-refractivity contribution in [2.24, 2.45) is 0 Å². The molecule has 0 saturated carbocycles. The Hall–Kier alpha value is -1.68. The molecule has 0 atom stereocenters. The normalized spacial score (nSPS) is 11.3. The van der Waals surface area contributed by atoms with E-state index in [0.717, 1.165) is 35.6 Å². The Balaban J connectivity index is 2.88. The number of amides is 2. The van der Waals surface area contributed by atoms with Crippen molar-refractivity contribution in [3.05, 3.63) is 35.4 Å². The Morgan fingerprint density at radius 3 is 1.86 bits per heavy atom. The van der Waals surface area contributed by atoms with Gasteiger partial charge in [-0.15, -0.1) is 0 Å². The predicted molar refractivity (Wildman–Crippen MR) is 84.8 cm³/mol. The maximum Gasteiger partial charge on any atom is 0.260 e. The van der Waals surface area contributed by atoms with E-state index >= 15 is 0 Å². The van der Waals surface area contributed by atoms with Gasteiger partial charge >= 0.3 is 0 Å². The lowest BCUT2D eigenvalue weighted by molar-refractivity contribution is -0.936. The smallest absolute Gasteiger partial charge is 0.260 e. The summed E-state index contributed by atoms with van der Waals surface area (Å²) in [5.41, 5.74) is 1.78. The van der Waals surface area contributed by atoms with Gasteiger partial charge in [0.05, 0.1) is 19.6 Å². The molecule has 4 nitrogen and oxygen atoms in total. The molecule has 2 amide bonds. The number of benzene rings is 1. The standard InChI is InChI=1S/C17H27N2O2/c1-6-19(7-2,8-3)13-15-9-11-16(12-10-15)17(21)18(5)14(4)20/h9-12H,6-8,13H2,1-5H3/q+1. The molecular weight excluding hydrogens is 264 g/mol. The molecule has 116 valence electrons. The number of nitrogens with zero attached hydrogens (tertiary/aromatic N) is 2. The molecule has 0 heterocycles. The fraction of sp³-hybridized carbons (Fsp3) is 0.529. The van der Waals surface area contributed by atoms with Gasteiger partial charge in [-0.2, -0.15) is 0 Å². The lowest BCUT2D eigenvalue weighted by Crippen LogP contribution is -2.46. The van der Waals surface area contributed by atoms with Gasteiger partial charge in [-0.1, -0.05) is 12.1 Å². The van der Waals surface area contributed by atoms with E-state index in [2.05, 4.69) is 20.8 Å². The van der Waals surface area contributed by atoms with E-state index in [-0.39, 0.29) is 11.8 Å². The molecule has 0 aromatic heterocycles. The molecule has 4 heteroatoms. The molecule has 1 aromatic rings. The van der Waals surface area contributed by atoms with Crippen LogP contribution in [0.4, 0.5) is 0 Å². The zero-order valence-electron chi connectivity index (χ0n) is 13.8. The quantitative estimate of drug-likeness (QED) is 0.756. The first-order valence-electron chi connectivity index (χ1n) is 7.61. The highest BCUT2D eigenvalue weighted by molar-refractivity contribution is 6.03. The molecule has 0 unspecified atom stereocenters. The first kappa shape index (κ1) is 17.4. The minimum atomic E-state index is -0.253. The monoisotopic (exact) mass is 291 g/mol. The van der Waals surface area contributed by atoms with E-state index in [1.54, 1.807) is 0 Å². The first-order chi connectivity index (χ1) is 9.89. The van der Waals surface area contributed by atoms with Crippen LogP contribution in [0.2, 0.25) is 0 Å². The fourth-order valence-electron chi connectivity index (χ4n) is 2.48. The van der Waals surface area contributed by atoms with Gasteiger partial charge in [-0.25, -0.2) is 0 Å². The third-order valence-corrected chi connectivity index (χ3v) is 4.51. The number of quaternary nitrogens is 1. The molecule has 0 aliphatic carbocycles. The second-order valence-electron chi connectivity index (χ2n) is 5.53. The van der Waals surface area contributed by atoms with Gasteiger partial charge in [0.15, 0.2) is 0 Å². The zero-order valence-corrected chi connectivity index (χ0v) is 13.8. The van der Waals surface area contributed by atoms with Gasteiger partial charge in [0, 0.05) is 25.1 Å². The minimum Gasteiger partial charge on any atom is -0.321 e. The van der Waals surface area contributed by atoms with Crippen LogP contribution in [0.15, 0.2) is 24.3 Å². The summed E-state index contributed by atoms with van der Waals surface area (Å²) in [5, 5.41) is 0. The molecular formula is C17H27N2O2+. The summed E-state index contributed by atoms with van der Waals surface area (Å²) < 4.78 is 1.04. The Labute approximate surface area is 127 Å². The summed E-state index contributed by atoms with van der Waals surface area (Å²) in [7, 11) is 1.51. The van der Waals surface area contributed by atoms with Crippen LogP contribution in [-0.2, 0) is 11.3 Å². The van der Waals surface area contributed by atoms with Gasteiger partial charge in [0.25, 0.3) is 5.91 Å². The lowest BCUT2D eigenvalue weighted by atomic mass is 10.1. The molecule has 21 heavy (non-hydrogen) atoms. The van der Waals surface area contributed by atoms with Crippen molar-refractivity contribution in [3.63, 3.8) is 0 Å². The van der Waals surface area contributed by atoms with Crippen LogP contribution in [-0.4, -0.2) is 47.9 Å². The minimum absolute atomic E-state index is 0.247. The fourth-order valence-corrected chi connectivity index (χ4v) is 2.48. The summed E-state index contributed by atoms with van der Waals surface area (Å²) >= 11 is 0. The highest BCUT2D eigenvalue weighted by Crippen LogP contribution is 2.15. The van der Waals surface area contributed by atoms with E-state index < -0.39 is 0 Å². The lowest BCUT2D eigenvalue weighted by Gasteiger charge is -2.35. The van der Waals surface area contributed by atoms with E-state index in [1.165, 1.54) is 19.5 Å². The third-order valence-electron chi connectivity index (χ3n) is 4.51. The van der Waals surface area contributed by atoms with E-state index in [1.807, 2.05) is 24.3 Å². The van der Waals surface area contributed by atoms with E-state index in [0.29, 0.717) is 5.56 Å². The zero-order chi connectivity index (χ0) is 16.0. The molecule has 0 saturated heterocycles. The Morgan fingerprint density at radius 1 is 1.00 bits per heavy atom. The molecule has 0 aliphatic rings. The van der Waals surface area contributed by atoms with Gasteiger partial charge in [-0.3, -0.25) is 14.5 Å². The molecule has 0 aliphatic heterocycles. The summed E-state index contributed by atoms with van der Waals surface area (Å²) in [6.07, 6.45) is 0. The third kappa shape index (κ3) is 4.14. The van der Waals surface area contributed by atoms with Gasteiger partial charge in [-0.05, 0) is 32.9 Å². The molecule has 0 radical (unpaired) electrons. The number of hydrogen-bond donors (Lipinski definition) is 0. The Morgan fingerprint density at radius 2 is 1.48 bits per heavy atom. The highest BCUT2D eigenvalue weighted by atomic mass is 16.2. The van der Waals surface area contributed by atoms with Crippen LogP contribution in [0.25, 0.3) is 0 Å². The van der Waals surface area contributed by atoms with Crippen LogP contribution >= 0.6 is 0 Å². The second kappa shape index (κ2) is 7.36. The Bertz CT molecular complexity index is 482. The van der Waals surface area contributed by atoms with Crippen LogP contribution in [0.5, 0.6) is 0 Å². The molecule has 0 spiro atoms. The molecule has 0 fully saturated rings. The molecule has 0 bridgehead atoms. The van der Waals surface area contributed by atoms with Gasteiger partial charge in [0.1, 0.15) is 6.54 Å². The average molecular weight is 291 g/mol. The van der Waals surface area contributed by atoms with E-state index in [4.69, 9.17) is 0 Å². The van der Waals surface area contributed by atoms with Crippen LogP contribution < -0.4 is 0 Å². The largest absolute Gasteiger partial charge is 0.321 e. The molecule has 1 aromatic carbocycles. The van der Waals surface area contributed by atoms with Crippen molar-refractivity contribution in [2.45, 2.75) is 34.2 Å². The number of hydrogen-bond acceptors (Lipinski definition) is 2. The van der Waals surface area contributed by atoms with Crippen molar-refractivity contribution in [1.29, 1.82) is 0 Å². The van der Waals surface area contributed by atoms with Gasteiger partial charge in [0.2, 0.25) is 5.91 Å².